The van der Waals surface area contributed by atoms with Crippen LogP contribution in [-0.4, -0.2) is 24.0 Å². The van der Waals surface area contributed by atoms with E-state index in [9.17, 15) is 0 Å². The smallest absolute Gasteiger partial charge is 0.255 e. The maximum absolute atomic E-state index is 4.95. The Morgan fingerprint density at radius 1 is 1.40 bits per heavy atom. The highest BCUT2D eigenvalue weighted by Crippen LogP contribution is 2.23. The second-order valence-corrected chi connectivity index (χ2v) is 1.78. The molecule has 1 heterocycles. The number of nitrogens with zero attached hydrogens (tertiary/aromatic N) is 2. The SMILES string of the molecule is COc1[c]nn(C)c1OC. The lowest BCUT2D eigenvalue weighted by molar-refractivity contribution is 0.333. The molecule has 0 aliphatic rings. The van der Waals surface area contributed by atoms with Crippen LogP contribution in [0.25, 0.3) is 0 Å². The van der Waals surface area contributed by atoms with E-state index in [0.29, 0.717) is 11.6 Å². The first-order valence-electron chi connectivity index (χ1n) is 2.82. The normalized spacial score (nSPS) is 9.50. The molecule has 1 aromatic rings. The molecule has 1 aromatic heterocycles. The van der Waals surface area contributed by atoms with E-state index < -0.39 is 0 Å². The lowest BCUT2D eigenvalue weighted by Crippen LogP contribution is -1.95. The van der Waals surface area contributed by atoms with Gasteiger partial charge in [-0.25, -0.2) is 4.68 Å². The zero-order valence-corrected chi connectivity index (χ0v) is 6.21. The van der Waals surface area contributed by atoms with Gasteiger partial charge in [0.1, 0.15) is 0 Å². The van der Waals surface area contributed by atoms with Crippen molar-refractivity contribution in [2.75, 3.05) is 14.2 Å². The fraction of sp³-hybridized carbons (Fsp3) is 0.500. The van der Waals surface area contributed by atoms with Crippen LogP contribution < -0.4 is 9.47 Å². The second kappa shape index (κ2) is 2.60. The summed E-state index contributed by atoms with van der Waals surface area (Å²) in [6, 6.07) is 0. The van der Waals surface area contributed by atoms with Crippen molar-refractivity contribution < 1.29 is 9.47 Å². The predicted molar refractivity (Wildman–Crippen MR) is 35.1 cm³/mol. The summed E-state index contributed by atoms with van der Waals surface area (Å²) >= 11 is 0. The number of hydrogen-bond donors (Lipinski definition) is 0. The van der Waals surface area contributed by atoms with Crippen LogP contribution in [0.2, 0.25) is 0 Å². The molecular weight excluding hydrogens is 132 g/mol. The van der Waals surface area contributed by atoms with Gasteiger partial charge < -0.3 is 9.47 Å². The lowest BCUT2D eigenvalue weighted by Gasteiger charge is -2.00. The van der Waals surface area contributed by atoms with E-state index in [1.165, 1.54) is 0 Å². The van der Waals surface area contributed by atoms with Crippen LogP contribution >= 0.6 is 0 Å². The van der Waals surface area contributed by atoms with Crippen LogP contribution in [0.5, 0.6) is 11.6 Å². The molecule has 0 bridgehead atoms. The minimum Gasteiger partial charge on any atom is -0.490 e. The summed E-state index contributed by atoms with van der Waals surface area (Å²) in [4.78, 5) is 0. The summed E-state index contributed by atoms with van der Waals surface area (Å²) in [5, 5.41) is 3.80. The molecule has 55 valence electrons. The first-order chi connectivity index (χ1) is 4.79. The first-order valence-corrected chi connectivity index (χ1v) is 2.82. The van der Waals surface area contributed by atoms with Gasteiger partial charge in [0.25, 0.3) is 5.88 Å². The molecule has 0 fully saturated rings. The number of methoxy groups -OCH3 is 2. The molecule has 0 atom stereocenters. The Kier molecular flexibility index (Phi) is 1.80. The van der Waals surface area contributed by atoms with Gasteiger partial charge in [-0.05, 0) is 0 Å². The molecular formula is C6H9N2O2. The van der Waals surface area contributed by atoms with Crippen molar-refractivity contribution in [3.8, 4) is 11.6 Å². The van der Waals surface area contributed by atoms with Gasteiger partial charge in [0, 0.05) is 7.05 Å². The lowest BCUT2D eigenvalue weighted by atomic mass is 10.6. The minimum absolute atomic E-state index is 0.532. The third kappa shape index (κ3) is 0.920. The highest BCUT2D eigenvalue weighted by atomic mass is 16.5. The molecule has 1 radical (unpaired) electrons. The van der Waals surface area contributed by atoms with E-state index in [0.717, 1.165) is 0 Å². The van der Waals surface area contributed by atoms with Crippen molar-refractivity contribution in [3.63, 3.8) is 0 Å². The van der Waals surface area contributed by atoms with Crippen molar-refractivity contribution in [2.45, 2.75) is 0 Å². The summed E-state index contributed by atoms with van der Waals surface area (Å²) < 4.78 is 11.4. The van der Waals surface area contributed by atoms with Gasteiger partial charge in [-0.3, -0.25) is 0 Å². The van der Waals surface area contributed by atoms with Gasteiger partial charge in [0.05, 0.1) is 14.2 Å². The van der Waals surface area contributed by atoms with Gasteiger partial charge >= 0.3 is 0 Å². The third-order valence-corrected chi connectivity index (χ3v) is 1.19. The molecule has 4 heteroatoms. The van der Waals surface area contributed by atoms with Crippen molar-refractivity contribution in [1.29, 1.82) is 0 Å². The molecule has 0 saturated carbocycles. The fourth-order valence-corrected chi connectivity index (χ4v) is 0.718. The van der Waals surface area contributed by atoms with Gasteiger partial charge in [0.15, 0.2) is 6.20 Å². The molecule has 0 spiro atoms. The zero-order valence-electron chi connectivity index (χ0n) is 6.21. The topological polar surface area (TPSA) is 36.3 Å². The number of aromatic nitrogens is 2. The zero-order chi connectivity index (χ0) is 7.56. The molecule has 0 aliphatic carbocycles. The standard InChI is InChI=1S/C6H9N2O2/c1-8-6(10-3)5(9-2)4-7-8/h1-3H3. The summed E-state index contributed by atoms with van der Waals surface area (Å²) in [7, 11) is 4.88. The van der Waals surface area contributed by atoms with Crippen LogP contribution in [0.15, 0.2) is 0 Å². The van der Waals surface area contributed by atoms with Crippen molar-refractivity contribution in [1.82, 2.24) is 9.78 Å². The van der Waals surface area contributed by atoms with Crippen LogP contribution in [-0.2, 0) is 7.05 Å². The Hall–Kier alpha value is -1.19. The predicted octanol–water partition coefficient (Wildman–Crippen LogP) is 0.237. The first kappa shape index (κ1) is 6.92. The fourth-order valence-electron chi connectivity index (χ4n) is 0.718. The van der Waals surface area contributed by atoms with Crippen LogP contribution in [0.4, 0.5) is 0 Å². The molecule has 4 nitrogen and oxygen atoms in total. The van der Waals surface area contributed by atoms with Crippen molar-refractivity contribution in [2.24, 2.45) is 7.05 Å². The largest absolute Gasteiger partial charge is 0.490 e. The van der Waals surface area contributed by atoms with Crippen LogP contribution in [0.3, 0.4) is 0 Å². The van der Waals surface area contributed by atoms with Crippen LogP contribution in [0.1, 0.15) is 0 Å². The minimum atomic E-state index is 0.532. The summed E-state index contributed by atoms with van der Waals surface area (Å²) in [5.41, 5.74) is 0. The maximum atomic E-state index is 4.95. The Balaban J connectivity index is 3.01. The molecule has 0 amide bonds. The summed E-state index contributed by atoms with van der Waals surface area (Å²) in [5.74, 6) is 1.12. The van der Waals surface area contributed by atoms with Gasteiger partial charge in [-0.1, -0.05) is 0 Å². The summed E-state index contributed by atoms with van der Waals surface area (Å²) in [6.07, 6.45) is 2.64. The Bertz CT molecular complexity index is 220. The summed E-state index contributed by atoms with van der Waals surface area (Å²) in [6.45, 7) is 0. The quantitative estimate of drug-likeness (QED) is 0.591. The highest BCUT2D eigenvalue weighted by molar-refractivity contribution is 5.29. The van der Waals surface area contributed by atoms with E-state index in [1.54, 1.807) is 25.9 Å². The molecule has 0 N–H and O–H groups in total. The monoisotopic (exact) mass is 141 g/mol. The highest BCUT2D eigenvalue weighted by Gasteiger charge is 2.07. The van der Waals surface area contributed by atoms with Gasteiger partial charge in [-0.2, -0.15) is 5.10 Å². The molecule has 10 heavy (non-hydrogen) atoms. The number of ether oxygens (including phenoxy) is 2. The third-order valence-electron chi connectivity index (χ3n) is 1.19. The number of hydrogen-bond acceptors (Lipinski definition) is 3. The van der Waals surface area contributed by atoms with E-state index in [1.807, 2.05) is 0 Å². The maximum Gasteiger partial charge on any atom is 0.255 e. The molecule has 0 aliphatic heterocycles. The Morgan fingerprint density at radius 3 is 2.50 bits per heavy atom. The van der Waals surface area contributed by atoms with E-state index >= 15 is 0 Å². The average Bonchev–Trinajstić information content (AvgIpc) is 2.30. The van der Waals surface area contributed by atoms with E-state index in [2.05, 4.69) is 11.3 Å². The van der Waals surface area contributed by atoms with Gasteiger partial charge in [0.2, 0.25) is 5.75 Å². The van der Waals surface area contributed by atoms with Crippen molar-refractivity contribution in [3.05, 3.63) is 6.20 Å². The average molecular weight is 141 g/mol. The van der Waals surface area contributed by atoms with Crippen LogP contribution in [0, 0.1) is 6.20 Å². The molecule has 0 aromatic carbocycles. The van der Waals surface area contributed by atoms with Crippen molar-refractivity contribution >= 4 is 0 Å². The number of rotatable bonds is 2. The second-order valence-electron chi connectivity index (χ2n) is 1.78. The van der Waals surface area contributed by atoms with E-state index in [4.69, 9.17) is 9.47 Å². The Labute approximate surface area is 59.4 Å². The molecule has 1 rings (SSSR count). The van der Waals surface area contributed by atoms with Gasteiger partial charge in [-0.15, -0.1) is 0 Å². The Morgan fingerprint density at radius 2 is 2.10 bits per heavy atom. The number of aryl methyl sites for hydroxylation is 1. The molecule has 0 unspecified atom stereocenters. The molecule has 0 saturated heterocycles. The van der Waals surface area contributed by atoms with E-state index in [-0.39, 0.29) is 0 Å².